The number of benzene rings is 1. The molecule has 1 aromatic rings. The Bertz CT molecular complexity index is 515. The number of aliphatic hydroxyl groups excluding tert-OH is 1. The van der Waals surface area contributed by atoms with E-state index in [0.717, 1.165) is 5.56 Å². The van der Waals surface area contributed by atoms with E-state index >= 15 is 0 Å². The summed E-state index contributed by atoms with van der Waals surface area (Å²) in [5.74, 6) is 0.252. The van der Waals surface area contributed by atoms with Crippen molar-refractivity contribution in [3.8, 4) is 5.75 Å². The molecule has 2 atom stereocenters. The van der Waals surface area contributed by atoms with Gasteiger partial charge in [-0.25, -0.2) is 8.42 Å². The Hall–Kier alpha value is -1.11. The van der Waals surface area contributed by atoms with E-state index < -0.39 is 22.0 Å². The normalized spacial score (nSPS) is 26.1. The van der Waals surface area contributed by atoms with Crippen molar-refractivity contribution < 1.29 is 18.3 Å². The number of hydrogen-bond donors (Lipinski definition) is 2. The molecule has 100 valence electrons. The van der Waals surface area contributed by atoms with Crippen LogP contribution in [0.25, 0.3) is 0 Å². The molecule has 0 spiro atoms. The van der Waals surface area contributed by atoms with Gasteiger partial charge >= 0.3 is 0 Å². The molecule has 0 radical (unpaired) electrons. The quantitative estimate of drug-likeness (QED) is 0.802. The first-order valence-corrected chi connectivity index (χ1v) is 7.61. The van der Waals surface area contributed by atoms with Gasteiger partial charge in [0.05, 0.1) is 11.5 Å². The topological polar surface area (TPSA) is 75.6 Å². The predicted octanol–water partition coefficient (Wildman–Crippen LogP) is -0.0573. The maximum Gasteiger partial charge on any atom is 0.156 e. The van der Waals surface area contributed by atoms with Crippen molar-refractivity contribution in [2.45, 2.75) is 18.8 Å². The molecule has 0 aliphatic carbocycles. The minimum Gasteiger partial charge on any atom is -0.487 e. The van der Waals surface area contributed by atoms with Gasteiger partial charge in [0.25, 0.3) is 0 Å². The van der Waals surface area contributed by atoms with Crippen molar-refractivity contribution in [1.82, 2.24) is 5.32 Å². The molecular formula is C12H17NO4S. The number of hydrogen-bond acceptors (Lipinski definition) is 5. The van der Waals surface area contributed by atoms with Gasteiger partial charge in [-0.1, -0.05) is 12.1 Å². The van der Waals surface area contributed by atoms with E-state index in [-0.39, 0.29) is 11.5 Å². The molecule has 0 aromatic heterocycles. The number of rotatable bonds is 4. The van der Waals surface area contributed by atoms with Gasteiger partial charge < -0.3 is 15.2 Å². The van der Waals surface area contributed by atoms with Crippen LogP contribution in [0.2, 0.25) is 0 Å². The highest BCUT2D eigenvalue weighted by Crippen LogP contribution is 2.21. The molecule has 1 heterocycles. The maximum absolute atomic E-state index is 11.4. The van der Waals surface area contributed by atoms with Gasteiger partial charge in [0.2, 0.25) is 0 Å². The highest BCUT2D eigenvalue weighted by atomic mass is 32.2. The molecule has 2 N–H and O–H groups in total. The van der Waals surface area contributed by atoms with Gasteiger partial charge in [-0.05, 0) is 24.7 Å². The highest BCUT2D eigenvalue weighted by Gasteiger charge is 2.38. The van der Waals surface area contributed by atoms with Gasteiger partial charge in [-0.15, -0.1) is 0 Å². The second-order valence-electron chi connectivity index (χ2n) is 4.48. The van der Waals surface area contributed by atoms with Crippen LogP contribution in [0.4, 0.5) is 0 Å². The summed E-state index contributed by atoms with van der Waals surface area (Å²) >= 11 is 0. The Labute approximate surface area is 107 Å². The van der Waals surface area contributed by atoms with E-state index in [1.54, 1.807) is 6.07 Å². The third-order valence-electron chi connectivity index (χ3n) is 2.84. The first-order chi connectivity index (χ1) is 8.50. The molecule has 0 amide bonds. The van der Waals surface area contributed by atoms with Gasteiger partial charge in [0.1, 0.15) is 18.0 Å². The van der Waals surface area contributed by atoms with Crippen molar-refractivity contribution in [2.24, 2.45) is 0 Å². The van der Waals surface area contributed by atoms with Crippen LogP contribution in [-0.4, -0.2) is 44.3 Å². The van der Waals surface area contributed by atoms with E-state index in [9.17, 15) is 13.5 Å². The SMILES string of the molecule is CNCc1cccc(OC2CS(=O)(=O)CC2O)c1. The smallest absolute Gasteiger partial charge is 0.156 e. The third-order valence-corrected chi connectivity index (χ3v) is 4.52. The molecule has 5 nitrogen and oxygen atoms in total. The number of sulfone groups is 1. The Morgan fingerprint density at radius 3 is 2.83 bits per heavy atom. The largest absolute Gasteiger partial charge is 0.487 e. The summed E-state index contributed by atoms with van der Waals surface area (Å²) in [7, 11) is -1.32. The number of aliphatic hydroxyl groups is 1. The summed E-state index contributed by atoms with van der Waals surface area (Å²) in [5.41, 5.74) is 1.05. The zero-order valence-corrected chi connectivity index (χ0v) is 11.0. The fourth-order valence-corrected chi connectivity index (χ4v) is 3.68. The minimum atomic E-state index is -3.17. The first kappa shape index (κ1) is 13.3. The standard InChI is InChI=1S/C12H17NO4S/c1-13-6-9-3-2-4-10(5-9)17-12-8-18(15,16)7-11(12)14/h2-5,11-14H,6-8H2,1H3. The lowest BCUT2D eigenvalue weighted by molar-refractivity contribution is 0.0737. The van der Waals surface area contributed by atoms with E-state index in [0.29, 0.717) is 12.3 Å². The van der Waals surface area contributed by atoms with Gasteiger partial charge in [0, 0.05) is 6.54 Å². The van der Waals surface area contributed by atoms with Gasteiger partial charge in [-0.3, -0.25) is 0 Å². The van der Waals surface area contributed by atoms with Crippen LogP contribution in [0.15, 0.2) is 24.3 Å². The molecule has 6 heteroatoms. The van der Waals surface area contributed by atoms with E-state index in [2.05, 4.69) is 5.32 Å². The fraction of sp³-hybridized carbons (Fsp3) is 0.500. The highest BCUT2D eigenvalue weighted by molar-refractivity contribution is 7.91. The number of nitrogens with one attached hydrogen (secondary N) is 1. The molecule has 0 bridgehead atoms. The summed E-state index contributed by atoms with van der Waals surface area (Å²) in [6.45, 7) is 0.711. The van der Waals surface area contributed by atoms with E-state index in [1.807, 2.05) is 25.2 Å². The molecule has 1 aliphatic rings. The average Bonchev–Trinajstić information content (AvgIpc) is 2.53. The minimum absolute atomic E-state index is 0.121. The average molecular weight is 271 g/mol. The van der Waals surface area contributed by atoms with Crippen LogP contribution in [0.5, 0.6) is 5.75 Å². The first-order valence-electron chi connectivity index (χ1n) is 5.79. The zero-order valence-electron chi connectivity index (χ0n) is 10.2. The Balaban J connectivity index is 2.08. The zero-order chi connectivity index (χ0) is 13.2. The van der Waals surface area contributed by atoms with Crippen LogP contribution in [0.3, 0.4) is 0 Å². The van der Waals surface area contributed by atoms with Crippen molar-refractivity contribution >= 4 is 9.84 Å². The Morgan fingerprint density at radius 1 is 1.44 bits per heavy atom. The summed E-state index contributed by atoms with van der Waals surface area (Å²) < 4.78 is 28.3. The Kier molecular flexibility index (Phi) is 3.89. The molecular weight excluding hydrogens is 254 g/mol. The lowest BCUT2D eigenvalue weighted by atomic mass is 10.2. The van der Waals surface area contributed by atoms with Crippen molar-refractivity contribution in [1.29, 1.82) is 0 Å². The molecule has 2 unspecified atom stereocenters. The molecule has 18 heavy (non-hydrogen) atoms. The lowest BCUT2D eigenvalue weighted by Crippen LogP contribution is -2.29. The van der Waals surface area contributed by atoms with E-state index in [4.69, 9.17) is 4.74 Å². The van der Waals surface area contributed by atoms with Gasteiger partial charge in [0.15, 0.2) is 9.84 Å². The number of ether oxygens (including phenoxy) is 1. The molecule has 1 fully saturated rings. The molecule has 1 aromatic carbocycles. The van der Waals surface area contributed by atoms with Crippen molar-refractivity contribution in [3.05, 3.63) is 29.8 Å². The maximum atomic E-state index is 11.4. The molecule has 1 saturated heterocycles. The van der Waals surface area contributed by atoms with Gasteiger partial charge in [-0.2, -0.15) is 0 Å². The van der Waals surface area contributed by atoms with Crippen LogP contribution in [-0.2, 0) is 16.4 Å². The lowest BCUT2D eigenvalue weighted by Gasteiger charge is -2.16. The monoisotopic (exact) mass is 271 g/mol. The third kappa shape index (κ3) is 3.22. The molecule has 0 saturated carbocycles. The predicted molar refractivity (Wildman–Crippen MR) is 68.3 cm³/mol. The molecule has 1 aliphatic heterocycles. The Morgan fingerprint density at radius 2 is 2.22 bits per heavy atom. The summed E-state index contributed by atoms with van der Waals surface area (Å²) in [5, 5.41) is 12.7. The summed E-state index contributed by atoms with van der Waals surface area (Å²) in [6, 6.07) is 7.40. The van der Waals surface area contributed by atoms with E-state index in [1.165, 1.54) is 0 Å². The van der Waals surface area contributed by atoms with Crippen molar-refractivity contribution in [3.63, 3.8) is 0 Å². The van der Waals surface area contributed by atoms with Crippen LogP contribution in [0.1, 0.15) is 5.56 Å². The summed E-state index contributed by atoms with van der Waals surface area (Å²) in [6.07, 6.45) is -1.61. The van der Waals surface area contributed by atoms with Crippen LogP contribution in [0, 0.1) is 0 Å². The molecule has 2 rings (SSSR count). The van der Waals surface area contributed by atoms with Crippen LogP contribution >= 0.6 is 0 Å². The summed E-state index contributed by atoms with van der Waals surface area (Å²) in [4.78, 5) is 0. The second kappa shape index (κ2) is 5.26. The second-order valence-corrected chi connectivity index (χ2v) is 6.63. The van der Waals surface area contributed by atoms with Crippen LogP contribution < -0.4 is 10.1 Å². The fourth-order valence-electron chi connectivity index (χ4n) is 2.02. The van der Waals surface area contributed by atoms with Crippen molar-refractivity contribution in [2.75, 3.05) is 18.6 Å².